The highest BCUT2D eigenvalue weighted by Crippen LogP contribution is 2.38. The zero-order valence-electron chi connectivity index (χ0n) is 18.3. The third-order valence-corrected chi connectivity index (χ3v) is 7.71. The molecule has 0 bridgehead atoms. The van der Waals surface area contributed by atoms with Gasteiger partial charge in [-0.25, -0.2) is 8.42 Å². The van der Waals surface area contributed by atoms with Crippen molar-refractivity contribution in [2.75, 3.05) is 23.8 Å². The predicted octanol–water partition coefficient (Wildman–Crippen LogP) is 4.75. The van der Waals surface area contributed by atoms with Crippen LogP contribution in [0.15, 0.2) is 65.6 Å². The second kappa shape index (κ2) is 8.96. The highest BCUT2D eigenvalue weighted by atomic mass is 35.5. The van der Waals surface area contributed by atoms with Crippen molar-refractivity contribution in [2.45, 2.75) is 24.3 Å². The Morgan fingerprint density at radius 1 is 1.03 bits per heavy atom. The summed E-state index contributed by atoms with van der Waals surface area (Å²) in [6, 6.07) is 15.9. The minimum Gasteiger partial charge on any atom is -0.497 e. The standard InChI is InChI=1S/C24H23ClN2O5S/c1-15-12-17-13-16(24(28)26-21-14-19(31-2)7-11-23(21)32-3)4-10-22(17)27(15)33(29,30)20-8-5-18(25)6-9-20/h4-11,13-15H,12H2,1-3H3,(H,26,28)/t15-/m0/s1. The smallest absolute Gasteiger partial charge is 0.264 e. The number of benzene rings is 3. The summed E-state index contributed by atoms with van der Waals surface area (Å²) in [6.45, 7) is 1.84. The van der Waals surface area contributed by atoms with Crippen LogP contribution < -0.4 is 19.1 Å². The maximum Gasteiger partial charge on any atom is 0.264 e. The number of sulfonamides is 1. The molecular weight excluding hydrogens is 464 g/mol. The molecule has 0 saturated carbocycles. The molecule has 0 fully saturated rings. The summed E-state index contributed by atoms with van der Waals surface area (Å²) < 4.78 is 38.5. The molecule has 1 atom stereocenters. The Balaban J connectivity index is 1.63. The lowest BCUT2D eigenvalue weighted by atomic mass is 10.1. The van der Waals surface area contributed by atoms with Crippen molar-refractivity contribution in [1.29, 1.82) is 0 Å². The maximum absolute atomic E-state index is 13.3. The van der Waals surface area contributed by atoms with Crippen LogP contribution in [0.5, 0.6) is 11.5 Å². The van der Waals surface area contributed by atoms with Crippen molar-refractivity contribution < 1.29 is 22.7 Å². The molecular formula is C24H23ClN2O5S. The highest BCUT2D eigenvalue weighted by Gasteiger charge is 2.36. The van der Waals surface area contributed by atoms with Crippen LogP contribution in [0.1, 0.15) is 22.8 Å². The van der Waals surface area contributed by atoms with Crippen molar-refractivity contribution >= 4 is 38.9 Å². The number of carbonyl (C=O) groups is 1. The molecule has 0 saturated heterocycles. The number of carbonyl (C=O) groups excluding carboxylic acids is 1. The molecule has 0 unspecified atom stereocenters. The van der Waals surface area contributed by atoms with Crippen LogP contribution in [0, 0.1) is 0 Å². The van der Waals surface area contributed by atoms with E-state index in [0.29, 0.717) is 39.9 Å². The molecule has 1 heterocycles. The molecule has 0 spiro atoms. The number of nitrogens with zero attached hydrogens (tertiary/aromatic N) is 1. The number of hydrogen-bond donors (Lipinski definition) is 1. The van der Waals surface area contributed by atoms with Crippen molar-refractivity contribution in [2.24, 2.45) is 0 Å². The van der Waals surface area contributed by atoms with Crippen LogP contribution in [-0.2, 0) is 16.4 Å². The fraction of sp³-hybridized carbons (Fsp3) is 0.208. The number of nitrogens with one attached hydrogen (secondary N) is 1. The Labute approximate surface area is 197 Å². The van der Waals surface area contributed by atoms with Gasteiger partial charge in [-0.2, -0.15) is 0 Å². The first-order valence-electron chi connectivity index (χ1n) is 10.2. The number of hydrogen-bond acceptors (Lipinski definition) is 5. The molecule has 1 aliphatic rings. The molecule has 1 aliphatic heterocycles. The van der Waals surface area contributed by atoms with Crippen molar-refractivity contribution in [3.8, 4) is 11.5 Å². The minimum absolute atomic E-state index is 0.165. The van der Waals surface area contributed by atoms with Gasteiger partial charge in [-0.15, -0.1) is 0 Å². The third-order valence-electron chi connectivity index (χ3n) is 5.52. The molecule has 3 aromatic carbocycles. The van der Waals surface area contributed by atoms with E-state index in [9.17, 15) is 13.2 Å². The molecule has 0 radical (unpaired) electrons. The van der Waals surface area contributed by atoms with E-state index < -0.39 is 10.0 Å². The first kappa shape index (κ1) is 22.9. The number of halogens is 1. The van der Waals surface area contributed by atoms with Crippen LogP contribution in [-0.4, -0.2) is 34.6 Å². The normalized spacial score (nSPS) is 15.2. The van der Waals surface area contributed by atoms with E-state index in [4.69, 9.17) is 21.1 Å². The Morgan fingerprint density at radius 2 is 1.76 bits per heavy atom. The van der Waals surface area contributed by atoms with E-state index in [1.54, 1.807) is 55.6 Å². The lowest BCUT2D eigenvalue weighted by Gasteiger charge is -2.24. The van der Waals surface area contributed by atoms with Gasteiger partial charge in [0.1, 0.15) is 11.5 Å². The van der Waals surface area contributed by atoms with Gasteiger partial charge in [0.2, 0.25) is 0 Å². The summed E-state index contributed by atoms with van der Waals surface area (Å²) in [5.41, 5.74) is 2.23. The average Bonchev–Trinajstić information content (AvgIpc) is 3.14. The van der Waals surface area contributed by atoms with Crippen molar-refractivity contribution in [1.82, 2.24) is 0 Å². The molecule has 33 heavy (non-hydrogen) atoms. The van der Waals surface area contributed by atoms with Gasteiger partial charge in [0.15, 0.2) is 0 Å². The third kappa shape index (κ3) is 4.36. The van der Waals surface area contributed by atoms with Crippen LogP contribution in [0.3, 0.4) is 0 Å². The fourth-order valence-electron chi connectivity index (χ4n) is 3.94. The zero-order valence-corrected chi connectivity index (χ0v) is 19.9. The molecule has 1 amide bonds. The number of fused-ring (bicyclic) bond motifs is 1. The van der Waals surface area contributed by atoms with Gasteiger partial charge in [-0.1, -0.05) is 11.6 Å². The van der Waals surface area contributed by atoms with Gasteiger partial charge in [0.05, 0.1) is 30.5 Å². The lowest BCUT2D eigenvalue weighted by Crippen LogP contribution is -2.35. The van der Waals surface area contributed by atoms with E-state index in [-0.39, 0.29) is 16.8 Å². The number of amides is 1. The summed E-state index contributed by atoms with van der Waals surface area (Å²) in [4.78, 5) is 13.1. The summed E-state index contributed by atoms with van der Waals surface area (Å²) in [5.74, 6) is 0.743. The van der Waals surface area contributed by atoms with Crippen LogP contribution in [0.2, 0.25) is 5.02 Å². The Hall–Kier alpha value is -3.23. The maximum atomic E-state index is 13.3. The average molecular weight is 487 g/mol. The molecule has 172 valence electrons. The van der Waals surface area contributed by atoms with Crippen molar-refractivity contribution in [3.05, 3.63) is 76.8 Å². The Morgan fingerprint density at radius 3 is 2.42 bits per heavy atom. The highest BCUT2D eigenvalue weighted by molar-refractivity contribution is 7.92. The van der Waals surface area contributed by atoms with Gasteiger partial charge in [0, 0.05) is 22.7 Å². The summed E-state index contributed by atoms with van der Waals surface area (Å²) >= 11 is 5.91. The van der Waals surface area contributed by atoms with Crippen molar-refractivity contribution in [3.63, 3.8) is 0 Å². The number of anilines is 2. The molecule has 4 rings (SSSR count). The Bertz CT molecular complexity index is 1310. The lowest BCUT2D eigenvalue weighted by molar-refractivity contribution is 0.102. The van der Waals surface area contributed by atoms with E-state index in [2.05, 4.69) is 5.32 Å². The molecule has 0 aliphatic carbocycles. The van der Waals surface area contributed by atoms with E-state index in [1.165, 1.54) is 23.5 Å². The van der Waals surface area contributed by atoms with Crippen LogP contribution >= 0.6 is 11.6 Å². The van der Waals surface area contributed by atoms with E-state index in [1.807, 2.05) is 6.92 Å². The minimum atomic E-state index is -3.77. The first-order chi connectivity index (χ1) is 15.7. The quantitative estimate of drug-likeness (QED) is 0.543. The largest absolute Gasteiger partial charge is 0.497 e. The zero-order chi connectivity index (χ0) is 23.8. The summed E-state index contributed by atoms with van der Waals surface area (Å²) in [7, 11) is -0.714. The van der Waals surface area contributed by atoms with E-state index in [0.717, 1.165) is 5.56 Å². The van der Waals surface area contributed by atoms with Gasteiger partial charge >= 0.3 is 0 Å². The molecule has 1 N–H and O–H groups in total. The van der Waals surface area contributed by atoms with Crippen LogP contribution in [0.4, 0.5) is 11.4 Å². The predicted molar refractivity (Wildman–Crippen MR) is 128 cm³/mol. The first-order valence-corrected chi connectivity index (χ1v) is 12.0. The molecule has 0 aromatic heterocycles. The van der Waals surface area contributed by atoms with Gasteiger partial charge in [0.25, 0.3) is 15.9 Å². The topological polar surface area (TPSA) is 84.9 Å². The number of ether oxygens (including phenoxy) is 2. The summed E-state index contributed by atoms with van der Waals surface area (Å²) in [5, 5.41) is 3.30. The number of methoxy groups -OCH3 is 2. The monoisotopic (exact) mass is 486 g/mol. The second-order valence-corrected chi connectivity index (χ2v) is 9.92. The van der Waals surface area contributed by atoms with Crippen LogP contribution in [0.25, 0.3) is 0 Å². The molecule has 9 heteroatoms. The fourth-order valence-corrected chi connectivity index (χ4v) is 5.76. The number of rotatable bonds is 6. The van der Waals surface area contributed by atoms with Gasteiger partial charge in [-0.05, 0) is 73.5 Å². The summed E-state index contributed by atoms with van der Waals surface area (Å²) in [6.07, 6.45) is 0.492. The molecule has 7 nitrogen and oxygen atoms in total. The molecule has 3 aromatic rings. The SMILES string of the molecule is COc1ccc(OC)c(NC(=O)c2ccc3c(c2)C[C@H](C)N3S(=O)(=O)c2ccc(Cl)cc2)c1. The van der Waals surface area contributed by atoms with E-state index >= 15 is 0 Å². The second-order valence-electron chi connectivity index (χ2n) is 7.67. The van der Waals surface area contributed by atoms with Gasteiger partial charge < -0.3 is 14.8 Å². The Kier molecular flexibility index (Phi) is 6.23. The van der Waals surface area contributed by atoms with Gasteiger partial charge in [-0.3, -0.25) is 9.10 Å².